The van der Waals surface area contributed by atoms with Crippen LogP contribution in [-0.4, -0.2) is 38.0 Å². The molecule has 0 aliphatic carbocycles. The van der Waals surface area contributed by atoms with Crippen LogP contribution in [0.2, 0.25) is 0 Å². The van der Waals surface area contributed by atoms with Crippen molar-refractivity contribution in [3.05, 3.63) is 0 Å². The zero-order chi connectivity index (χ0) is 13.3. The smallest absolute Gasteiger partial charge is 0.549 e. The van der Waals surface area contributed by atoms with Gasteiger partial charge in [-0.25, -0.2) is 0 Å². The van der Waals surface area contributed by atoms with Crippen LogP contribution < -0.4 is 56.5 Å². The van der Waals surface area contributed by atoms with E-state index in [-0.39, 0.29) is 64.4 Å². The molecule has 6 nitrogen and oxygen atoms in total. The summed E-state index contributed by atoms with van der Waals surface area (Å²) in [5.74, 6) is -3.66. The molecule has 100 valence electrons. The first kappa shape index (κ1) is 20.8. The first-order valence-corrected chi connectivity index (χ1v) is 5.67. The second kappa shape index (κ2) is 12.5. The maximum atomic E-state index is 11.4. The Bertz CT molecular complexity index is 240. The molecule has 1 atom stereocenters. The van der Waals surface area contributed by atoms with E-state index in [4.69, 9.17) is 9.47 Å². The first-order chi connectivity index (χ1) is 8.06. The van der Waals surface area contributed by atoms with Gasteiger partial charge in [-0.1, -0.05) is 0 Å². The molecule has 0 N–H and O–H groups in total. The van der Waals surface area contributed by atoms with Gasteiger partial charge in [-0.2, -0.15) is 0 Å². The van der Waals surface area contributed by atoms with Crippen molar-refractivity contribution < 1.29 is 80.3 Å². The van der Waals surface area contributed by atoms with E-state index in [0.29, 0.717) is 13.2 Å². The van der Waals surface area contributed by atoms with Gasteiger partial charge in [0.05, 0.1) is 12.6 Å². The summed E-state index contributed by atoms with van der Waals surface area (Å²) in [4.78, 5) is 22.2. The molecular formula is C11H19KO6. The van der Waals surface area contributed by atoms with Gasteiger partial charge in [0.1, 0.15) is 5.92 Å². The number of esters is 1. The predicted molar refractivity (Wildman–Crippen MR) is 56.8 cm³/mol. The molecule has 0 radical (unpaired) electrons. The third-order valence-corrected chi connectivity index (χ3v) is 1.99. The van der Waals surface area contributed by atoms with Crippen molar-refractivity contribution in [1.82, 2.24) is 0 Å². The summed E-state index contributed by atoms with van der Waals surface area (Å²) in [6.07, 6.45) is -0.847. The zero-order valence-corrected chi connectivity index (χ0v) is 14.6. The quantitative estimate of drug-likeness (QED) is 0.191. The SMILES string of the molecule is CCOC(=O)C(CC(OCC)OCC)C(=O)[O-].[K+]. The topological polar surface area (TPSA) is 84.9 Å². The second-order valence-corrected chi connectivity index (χ2v) is 3.20. The van der Waals surface area contributed by atoms with Crippen molar-refractivity contribution >= 4 is 11.9 Å². The Morgan fingerprint density at radius 1 is 1.06 bits per heavy atom. The fraction of sp³-hybridized carbons (Fsp3) is 0.818. The van der Waals surface area contributed by atoms with Crippen molar-refractivity contribution in [1.29, 1.82) is 0 Å². The van der Waals surface area contributed by atoms with E-state index in [0.717, 1.165) is 0 Å². The van der Waals surface area contributed by atoms with Crippen LogP contribution in [0.1, 0.15) is 27.2 Å². The Morgan fingerprint density at radius 3 is 1.89 bits per heavy atom. The van der Waals surface area contributed by atoms with Gasteiger partial charge < -0.3 is 24.1 Å². The van der Waals surface area contributed by atoms with Gasteiger partial charge in [0.25, 0.3) is 0 Å². The van der Waals surface area contributed by atoms with Gasteiger partial charge >= 0.3 is 57.4 Å². The van der Waals surface area contributed by atoms with E-state index in [1.165, 1.54) is 0 Å². The van der Waals surface area contributed by atoms with Crippen molar-refractivity contribution in [2.45, 2.75) is 33.5 Å². The fourth-order valence-electron chi connectivity index (χ4n) is 1.28. The Hall–Kier alpha value is 0.496. The molecular weight excluding hydrogens is 267 g/mol. The van der Waals surface area contributed by atoms with Crippen molar-refractivity contribution in [3.8, 4) is 0 Å². The Labute approximate surface area is 150 Å². The summed E-state index contributed by atoms with van der Waals surface area (Å²) in [7, 11) is 0. The minimum atomic E-state index is -1.48. The maximum Gasteiger partial charge on any atom is 1.00 e. The molecule has 7 heteroatoms. The number of carboxylic acids is 1. The summed E-state index contributed by atoms with van der Waals surface area (Å²) < 4.78 is 15.0. The molecule has 0 bridgehead atoms. The Kier molecular flexibility index (Phi) is 14.5. The van der Waals surface area contributed by atoms with Crippen molar-refractivity contribution in [2.75, 3.05) is 19.8 Å². The third kappa shape index (κ3) is 8.57. The number of rotatable bonds is 9. The number of hydrogen-bond acceptors (Lipinski definition) is 6. The molecule has 0 amide bonds. The van der Waals surface area contributed by atoms with Crippen LogP contribution in [-0.2, 0) is 23.8 Å². The van der Waals surface area contributed by atoms with Gasteiger partial charge in [-0.3, -0.25) is 4.79 Å². The number of carbonyl (C=O) groups is 2. The minimum absolute atomic E-state index is 0. The predicted octanol–water partition coefficient (Wildman–Crippen LogP) is -3.29. The summed E-state index contributed by atoms with van der Waals surface area (Å²) in [5.41, 5.74) is 0. The Morgan fingerprint density at radius 2 is 1.56 bits per heavy atom. The zero-order valence-electron chi connectivity index (χ0n) is 11.4. The molecule has 0 rings (SSSR count). The van der Waals surface area contributed by atoms with E-state index in [1.807, 2.05) is 0 Å². The monoisotopic (exact) mass is 286 g/mol. The molecule has 0 aromatic heterocycles. The molecule has 0 aromatic rings. The van der Waals surface area contributed by atoms with Crippen LogP contribution in [0.4, 0.5) is 0 Å². The van der Waals surface area contributed by atoms with Crippen LogP contribution in [0.25, 0.3) is 0 Å². The van der Waals surface area contributed by atoms with E-state index >= 15 is 0 Å². The molecule has 0 saturated carbocycles. The average Bonchev–Trinajstić information content (AvgIpc) is 2.26. The standard InChI is InChI=1S/C11H20O6.K/c1-4-15-9(16-5-2)7-8(10(12)13)11(14)17-6-3;/h8-9H,4-7H2,1-3H3,(H,12,13);/q;+1/p-1. The van der Waals surface area contributed by atoms with E-state index in [2.05, 4.69) is 4.74 Å². The molecule has 0 saturated heterocycles. The van der Waals surface area contributed by atoms with E-state index in [9.17, 15) is 14.7 Å². The molecule has 0 heterocycles. The summed E-state index contributed by atoms with van der Waals surface area (Å²) in [6, 6.07) is 0. The van der Waals surface area contributed by atoms with Gasteiger partial charge in [-0.05, 0) is 20.8 Å². The molecule has 0 aliphatic rings. The maximum absolute atomic E-state index is 11.4. The summed E-state index contributed by atoms with van der Waals surface area (Å²) >= 11 is 0. The van der Waals surface area contributed by atoms with Crippen LogP contribution in [0.15, 0.2) is 0 Å². The number of carboxylic acid groups (broad SMARTS) is 1. The van der Waals surface area contributed by atoms with Crippen LogP contribution in [0.5, 0.6) is 0 Å². The normalized spacial score (nSPS) is 11.8. The fourth-order valence-corrected chi connectivity index (χ4v) is 1.28. The average molecular weight is 286 g/mol. The number of carbonyl (C=O) groups excluding carboxylic acids is 2. The second-order valence-electron chi connectivity index (χ2n) is 3.20. The largest absolute Gasteiger partial charge is 1.00 e. The third-order valence-electron chi connectivity index (χ3n) is 1.99. The summed E-state index contributed by atoms with van der Waals surface area (Å²) in [5, 5.41) is 10.8. The van der Waals surface area contributed by atoms with Gasteiger partial charge in [0, 0.05) is 19.6 Å². The number of ether oxygens (including phenoxy) is 3. The van der Waals surface area contributed by atoms with Crippen molar-refractivity contribution in [3.63, 3.8) is 0 Å². The van der Waals surface area contributed by atoms with Crippen LogP contribution in [0, 0.1) is 5.92 Å². The molecule has 0 aliphatic heterocycles. The van der Waals surface area contributed by atoms with Crippen LogP contribution in [0.3, 0.4) is 0 Å². The molecule has 1 unspecified atom stereocenters. The van der Waals surface area contributed by atoms with Crippen LogP contribution >= 0.6 is 0 Å². The molecule has 0 aromatic carbocycles. The molecule has 18 heavy (non-hydrogen) atoms. The molecule has 0 fully saturated rings. The summed E-state index contributed by atoms with van der Waals surface area (Å²) in [6.45, 7) is 5.97. The Balaban J connectivity index is 0. The van der Waals surface area contributed by atoms with E-state index < -0.39 is 24.1 Å². The van der Waals surface area contributed by atoms with Crippen molar-refractivity contribution in [2.24, 2.45) is 5.92 Å². The van der Waals surface area contributed by atoms with E-state index in [1.54, 1.807) is 20.8 Å². The van der Waals surface area contributed by atoms with Gasteiger partial charge in [-0.15, -0.1) is 0 Å². The van der Waals surface area contributed by atoms with Gasteiger partial charge in [0.15, 0.2) is 6.29 Å². The molecule has 0 spiro atoms. The first-order valence-electron chi connectivity index (χ1n) is 5.67. The number of aliphatic carboxylic acids is 1. The minimum Gasteiger partial charge on any atom is -0.549 e. The van der Waals surface area contributed by atoms with Gasteiger partial charge in [0.2, 0.25) is 0 Å². The number of hydrogen-bond donors (Lipinski definition) is 0.